The normalized spacial score (nSPS) is 13.8. The van der Waals surface area contributed by atoms with Crippen LogP contribution in [-0.4, -0.2) is 88.2 Å². The minimum Gasteiger partial charge on any atom is -0.481 e. The molecule has 0 saturated carbocycles. The molecule has 17 heteroatoms. The topological polar surface area (TPSA) is 295 Å². The average molecular weight is 535 g/mol. The van der Waals surface area contributed by atoms with Crippen molar-refractivity contribution in [2.24, 2.45) is 27.9 Å². The summed E-state index contributed by atoms with van der Waals surface area (Å²) in [5.41, 5.74) is 21.3. The van der Waals surface area contributed by atoms with Crippen LogP contribution < -0.4 is 38.9 Å². The van der Waals surface area contributed by atoms with Crippen molar-refractivity contribution >= 4 is 54.2 Å². The van der Waals surface area contributed by atoms with E-state index in [1.807, 2.05) is 0 Å². The van der Waals surface area contributed by atoms with Gasteiger partial charge in [0, 0.05) is 25.1 Å². The van der Waals surface area contributed by atoms with E-state index in [9.17, 15) is 33.9 Å². The lowest BCUT2D eigenvalue weighted by atomic mass is 10.1. The number of rotatable bonds is 18. The second-order valence-electron chi connectivity index (χ2n) is 7.70. The Labute approximate surface area is 212 Å². The Hall–Kier alpha value is -3.60. The summed E-state index contributed by atoms with van der Waals surface area (Å²) in [6.07, 6.45) is -0.803. The summed E-state index contributed by atoms with van der Waals surface area (Å²) in [4.78, 5) is 74.6. The van der Waals surface area contributed by atoms with Crippen molar-refractivity contribution in [3.8, 4) is 0 Å². The third-order valence-electron chi connectivity index (χ3n) is 4.69. The molecule has 16 nitrogen and oxygen atoms in total. The molecule has 4 unspecified atom stereocenters. The number of hydrogen-bond acceptors (Lipinski definition) is 9. The first-order valence-electron chi connectivity index (χ1n) is 10.8. The van der Waals surface area contributed by atoms with Gasteiger partial charge < -0.3 is 49.1 Å². The van der Waals surface area contributed by atoms with Crippen LogP contribution >= 0.6 is 12.6 Å². The van der Waals surface area contributed by atoms with Gasteiger partial charge in [-0.2, -0.15) is 12.6 Å². The van der Waals surface area contributed by atoms with Gasteiger partial charge in [-0.15, -0.1) is 0 Å². The fourth-order valence-corrected chi connectivity index (χ4v) is 3.00. The summed E-state index contributed by atoms with van der Waals surface area (Å²) in [5, 5.41) is 24.9. The van der Waals surface area contributed by atoms with E-state index < -0.39 is 66.2 Å². The summed E-state index contributed by atoms with van der Waals surface area (Å²) in [5.74, 6) is -6.24. The molecule has 0 saturated heterocycles. The van der Waals surface area contributed by atoms with Gasteiger partial charge >= 0.3 is 11.9 Å². The number of nitrogens with zero attached hydrogens (tertiary/aromatic N) is 1. The number of guanidine groups is 1. The Kier molecular flexibility index (Phi) is 15.2. The van der Waals surface area contributed by atoms with E-state index in [1.165, 1.54) is 0 Å². The number of nitrogens with two attached hydrogens (primary N) is 4. The monoisotopic (exact) mass is 534 g/mol. The lowest BCUT2D eigenvalue weighted by Gasteiger charge is -2.24. The number of amides is 4. The molecule has 0 aromatic rings. The highest BCUT2D eigenvalue weighted by molar-refractivity contribution is 7.80. The Bertz CT molecular complexity index is 836. The van der Waals surface area contributed by atoms with E-state index >= 15 is 0 Å². The van der Waals surface area contributed by atoms with Crippen molar-refractivity contribution in [1.29, 1.82) is 0 Å². The fraction of sp³-hybridized carbons (Fsp3) is 0.632. The van der Waals surface area contributed by atoms with Gasteiger partial charge in [-0.3, -0.25) is 29.0 Å². The molecule has 0 bridgehead atoms. The Morgan fingerprint density at radius 2 is 1.33 bits per heavy atom. The van der Waals surface area contributed by atoms with Crippen molar-refractivity contribution in [3.05, 3.63) is 0 Å². The lowest BCUT2D eigenvalue weighted by molar-refractivity contribution is -0.143. The van der Waals surface area contributed by atoms with Gasteiger partial charge in [-0.1, -0.05) is 0 Å². The number of carbonyl (C=O) groups excluding carboxylic acids is 4. The molecule has 0 heterocycles. The van der Waals surface area contributed by atoms with Crippen molar-refractivity contribution in [3.63, 3.8) is 0 Å². The number of carboxylic acids is 2. The van der Waals surface area contributed by atoms with Crippen LogP contribution in [0.1, 0.15) is 38.5 Å². The Morgan fingerprint density at radius 1 is 0.778 bits per heavy atom. The molecular formula is C19H34N8O8S. The maximum atomic E-state index is 12.9. The summed E-state index contributed by atoms with van der Waals surface area (Å²) in [6.45, 7) is 0.135. The molecule has 36 heavy (non-hydrogen) atoms. The molecular weight excluding hydrogens is 500 g/mol. The predicted molar refractivity (Wildman–Crippen MR) is 130 cm³/mol. The fourth-order valence-electron chi connectivity index (χ4n) is 2.74. The second kappa shape index (κ2) is 16.9. The molecule has 0 aromatic heterocycles. The molecule has 0 aromatic carbocycles. The molecule has 204 valence electrons. The predicted octanol–water partition coefficient (Wildman–Crippen LogP) is -4.03. The average Bonchev–Trinajstić information content (AvgIpc) is 2.79. The second-order valence-corrected chi connectivity index (χ2v) is 8.06. The SMILES string of the molecule is NC(=O)CCC(N)C(=O)NC(CCCN=C(N)N)C(=O)NC(CS)C(=O)NC(CCC(=O)O)C(=O)O. The number of carboxylic acid groups (broad SMARTS) is 2. The maximum absolute atomic E-state index is 12.9. The Morgan fingerprint density at radius 3 is 1.83 bits per heavy atom. The van der Waals surface area contributed by atoms with E-state index in [2.05, 4.69) is 33.6 Å². The smallest absolute Gasteiger partial charge is 0.326 e. The van der Waals surface area contributed by atoms with Crippen LogP contribution in [0.3, 0.4) is 0 Å². The number of nitrogens with one attached hydrogen (secondary N) is 3. The summed E-state index contributed by atoms with van der Waals surface area (Å²) in [6, 6.07) is -5.15. The number of hydrogen-bond donors (Lipinski definition) is 10. The van der Waals surface area contributed by atoms with E-state index in [-0.39, 0.29) is 50.4 Å². The van der Waals surface area contributed by atoms with Crippen molar-refractivity contribution < 1.29 is 39.0 Å². The van der Waals surface area contributed by atoms with Gasteiger partial charge in [0.15, 0.2) is 5.96 Å². The van der Waals surface area contributed by atoms with E-state index in [0.717, 1.165) is 0 Å². The molecule has 0 aliphatic heterocycles. The highest BCUT2D eigenvalue weighted by atomic mass is 32.1. The lowest BCUT2D eigenvalue weighted by Crippen LogP contribution is -2.57. The third kappa shape index (κ3) is 14.0. The number of carbonyl (C=O) groups is 6. The summed E-state index contributed by atoms with van der Waals surface area (Å²) < 4.78 is 0. The van der Waals surface area contributed by atoms with Crippen LogP contribution in [0.5, 0.6) is 0 Å². The number of aliphatic imine (C=N–C) groups is 1. The number of aliphatic carboxylic acids is 2. The van der Waals surface area contributed by atoms with Gasteiger partial charge in [-0.25, -0.2) is 4.79 Å². The standard InChI is InChI=1S/C19H34N8O8S/c20-9(3-5-13(21)28)15(31)25-10(2-1-7-24-19(22)23)16(32)27-12(8-36)17(33)26-11(18(34)35)4-6-14(29)30/h9-12,36H,1-8,20H2,(H2,21,28)(H,25,31)(H,26,33)(H,27,32)(H,29,30)(H,34,35)(H4,22,23,24). The first-order valence-corrected chi connectivity index (χ1v) is 11.5. The first-order chi connectivity index (χ1) is 16.8. The van der Waals surface area contributed by atoms with Crippen LogP contribution in [0.4, 0.5) is 0 Å². The molecule has 4 atom stereocenters. The van der Waals surface area contributed by atoms with Gasteiger partial charge in [0.05, 0.1) is 6.04 Å². The molecule has 0 aliphatic rings. The van der Waals surface area contributed by atoms with E-state index in [4.69, 9.17) is 28.0 Å². The molecule has 0 aliphatic carbocycles. The zero-order valence-corrected chi connectivity index (χ0v) is 20.4. The number of primary amides is 1. The summed E-state index contributed by atoms with van der Waals surface area (Å²) >= 11 is 4.00. The van der Waals surface area contributed by atoms with Crippen LogP contribution in [0.25, 0.3) is 0 Å². The molecule has 13 N–H and O–H groups in total. The van der Waals surface area contributed by atoms with Crippen molar-refractivity contribution in [2.75, 3.05) is 12.3 Å². The quantitative estimate of drug-likeness (QED) is 0.0349. The van der Waals surface area contributed by atoms with Gasteiger partial charge in [0.2, 0.25) is 23.6 Å². The molecule has 0 fully saturated rings. The van der Waals surface area contributed by atoms with Crippen LogP contribution in [0, 0.1) is 0 Å². The zero-order valence-electron chi connectivity index (χ0n) is 19.5. The molecule has 0 rings (SSSR count). The van der Waals surface area contributed by atoms with E-state index in [1.54, 1.807) is 0 Å². The Balaban J connectivity index is 5.37. The van der Waals surface area contributed by atoms with Crippen molar-refractivity contribution in [2.45, 2.75) is 62.7 Å². The van der Waals surface area contributed by atoms with Gasteiger partial charge in [-0.05, 0) is 25.7 Å². The first kappa shape index (κ1) is 32.4. The highest BCUT2D eigenvalue weighted by Crippen LogP contribution is 2.04. The maximum Gasteiger partial charge on any atom is 0.326 e. The molecule has 0 radical (unpaired) electrons. The molecule has 0 spiro atoms. The van der Waals surface area contributed by atoms with Crippen LogP contribution in [-0.2, 0) is 28.8 Å². The van der Waals surface area contributed by atoms with Crippen molar-refractivity contribution in [1.82, 2.24) is 16.0 Å². The minimum absolute atomic E-state index is 0.0359. The highest BCUT2D eigenvalue weighted by Gasteiger charge is 2.29. The van der Waals surface area contributed by atoms with Gasteiger partial charge in [0.1, 0.15) is 18.1 Å². The van der Waals surface area contributed by atoms with Crippen LogP contribution in [0.2, 0.25) is 0 Å². The number of thiol groups is 1. The summed E-state index contributed by atoms with van der Waals surface area (Å²) in [7, 11) is 0. The third-order valence-corrected chi connectivity index (χ3v) is 5.06. The van der Waals surface area contributed by atoms with Crippen LogP contribution in [0.15, 0.2) is 4.99 Å². The zero-order chi connectivity index (χ0) is 27.8. The largest absolute Gasteiger partial charge is 0.481 e. The molecule has 4 amide bonds. The van der Waals surface area contributed by atoms with Gasteiger partial charge in [0.25, 0.3) is 0 Å². The van der Waals surface area contributed by atoms with E-state index in [0.29, 0.717) is 0 Å². The minimum atomic E-state index is -1.51.